The third kappa shape index (κ3) is 5.81. The fourth-order valence-electron chi connectivity index (χ4n) is 5.20. The Morgan fingerprint density at radius 1 is 1.10 bits per heavy atom. The van der Waals surface area contributed by atoms with Crippen molar-refractivity contribution in [1.82, 2.24) is 34.9 Å². The summed E-state index contributed by atoms with van der Waals surface area (Å²) in [6, 6.07) is 7.66. The SMILES string of the molecule is CNc1ncc(-c2cc3c(c(Nc4ccc(-c5cnn(CCN6CCOCC6)c5)c(C)c4)n2)C(C=O)NC=C3)cn1. The van der Waals surface area contributed by atoms with Crippen molar-refractivity contribution in [2.75, 3.05) is 50.5 Å². The number of aromatic nitrogens is 5. The molecular weight excluding hydrogens is 518 g/mol. The molecule has 1 unspecified atom stereocenters. The van der Waals surface area contributed by atoms with Gasteiger partial charge in [0, 0.05) is 67.7 Å². The molecule has 5 heterocycles. The smallest absolute Gasteiger partial charge is 0.222 e. The summed E-state index contributed by atoms with van der Waals surface area (Å²) in [4.78, 5) is 27.9. The van der Waals surface area contributed by atoms with Gasteiger partial charge in [0.2, 0.25) is 5.95 Å². The molecule has 0 aliphatic carbocycles. The van der Waals surface area contributed by atoms with Gasteiger partial charge in [-0.25, -0.2) is 15.0 Å². The van der Waals surface area contributed by atoms with Crippen LogP contribution in [0.15, 0.2) is 55.3 Å². The van der Waals surface area contributed by atoms with Gasteiger partial charge in [0.05, 0.1) is 31.6 Å². The largest absolute Gasteiger partial charge is 0.379 e. The summed E-state index contributed by atoms with van der Waals surface area (Å²) in [7, 11) is 1.78. The molecule has 1 fully saturated rings. The van der Waals surface area contributed by atoms with Gasteiger partial charge < -0.3 is 25.5 Å². The van der Waals surface area contributed by atoms with Gasteiger partial charge in [0.15, 0.2) is 0 Å². The second-order valence-electron chi connectivity index (χ2n) is 10.1. The van der Waals surface area contributed by atoms with Crippen LogP contribution in [-0.4, -0.2) is 75.8 Å². The van der Waals surface area contributed by atoms with Crippen LogP contribution in [0.4, 0.5) is 17.5 Å². The number of nitrogens with zero attached hydrogens (tertiary/aromatic N) is 6. The van der Waals surface area contributed by atoms with Crippen molar-refractivity contribution in [2.45, 2.75) is 19.5 Å². The normalized spacial score (nSPS) is 16.6. The topological polar surface area (TPSA) is 122 Å². The quantitative estimate of drug-likeness (QED) is 0.266. The number of aldehydes is 1. The number of carbonyl (C=O) groups excluding carboxylic acids is 1. The van der Waals surface area contributed by atoms with E-state index in [1.807, 2.05) is 29.1 Å². The van der Waals surface area contributed by atoms with Crippen molar-refractivity contribution < 1.29 is 9.53 Å². The molecule has 0 saturated carbocycles. The van der Waals surface area contributed by atoms with Crippen molar-refractivity contribution in [3.8, 4) is 22.4 Å². The summed E-state index contributed by atoms with van der Waals surface area (Å²) in [6.07, 6.45) is 12.1. The number of nitrogens with one attached hydrogen (secondary N) is 3. The van der Waals surface area contributed by atoms with Crippen LogP contribution in [0.3, 0.4) is 0 Å². The van der Waals surface area contributed by atoms with E-state index in [1.54, 1.807) is 25.6 Å². The fraction of sp³-hybridized carbons (Fsp3) is 0.300. The monoisotopic (exact) mass is 551 g/mol. The number of benzene rings is 1. The molecule has 0 spiro atoms. The van der Waals surface area contributed by atoms with E-state index < -0.39 is 6.04 Å². The number of fused-ring (bicyclic) bond motifs is 1. The molecule has 6 rings (SSSR count). The minimum absolute atomic E-state index is 0.509. The number of rotatable bonds is 9. The lowest BCUT2D eigenvalue weighted by Gasteiger charge is -2.26. The first-order valence-electron chi connectivity index (χ1n) is 13.7. The zero-order valence-corrected chi connectivity index (χ0v) is 23.2. The molecule has 11 nitrogen and oxygen atoms in total. The first-order chi connectivity index (χ1) is 20.1. The van der Waals surface area contributed by atoms with Gasteiger partial charge in [0.1, 0.15) is 18.1 Å². The maximum absolute atomic E-state index is 12.0. The molecule has 3 aromatic heterocycles. The molecule has 0 amide bonds. The highest BCUT2D eigenvalue weighted by atomic mass is 16.5. The zero-order chi connectivity index (χ0) is 28.2. The van der Waals surface area contributed by atoms with Gasteiger partial charge in [-0.3, -0.25) is 9.58 Å². The van der Waals surface area contributed by atoms with Crippen LogP contribution in [0.1, 0.15) is 22.7 Å². The second-order valence-corrected chi connectivity index (χ2v) is 10.1. The van der Waals surface area contributed by atoms with Crippen LogP contribution in [0.25, 0.3) is 28.5 Å². The number of pyridine rings is 1. The number of aryl methyl sites for hydroxylation is 1. The standard InChI is InChI=1S/C30H33N9O2/c1-20-13-24(3-4-25(20)23-17-35-39(18-23)8-7-38-9-11-41-12-10-38)36-29-28-21(5-6-32-27(28)19-40)14-26(37-29)22-15-33-30(31-2)34-16-22/h3-6,13-19,27,32H,7-12H2,1-2H3,(H,36,37)(H,31,33,34). The highest BCUT2D eigenvalue weighted by molar-refractivity contribution is 5.80. The van der Waals surface area contributed by atoms with E-state index in [1.165, 1.54) is 0 Å². The lowest BCUT2D eigenvalue weighted by molar-refractivity contribution is -0.109. The lowest BCUT2D eigenvalue weighted by atomic mass is 9.97. The van der Waals surface area contributed by atoms with Gasteiger partial charge >= 0.3 is 0 Å². The molecular formula is C30H33N9O2. The van der Waals surface area contributed by atoms with E-state index in [4.69, 9.17) is 9.72 Å². The Labute approximate surface area is 238 Å². The number of ether oxygens (including phenoxy) is 1. The fourth-order valence-corrected chi connectivity index (χ4v) is 5.20. The first-order valence-corrected chi connectivity index (χ1v) is 13.7. The van der Waals surface area contributed by atoms with Gasteiger partial charge in [-0.1, -0.05) is 6.07 Å². The predicted octanol–water partition coefficient (Wildman–Crippen LogP) is 3.64. The Balaban J connectivity index is 1.25. The number of morpholine rings is 1. The summed E-state index contributed by atoms with van der Waals surface area (Å²) in [5.74, 6) is 1.14. The minimum atomic E-state index is -0.509. The van der Waals surface area contributed by atoms with E-state index in [2.05, 4.69) is 61.2 Å². The Morgan fingerprint density at radius 3 is 2.68 bits per heavy atom. The average molecular weight is 552 g/mol. The summed E-state index contributed by atoms with van der Waals surface area (Å²) in [5, 5.41) is 14.1. The number of hydrogen-bond acceptors (Lipinski definition) is 10. The highest BCUT2D eigenvalue weighted by Gasteiger charge is 2.23. The third-order valence-electron chi connectivity index (χ3n) is 7.43. The van der Waals surface area contributed by atoms with Crippen LogP contribution in [-0.2, 0) is 16.1 Å². The summed E-state index contributed by atoms with van der Waals surface area (Å²) >= 11 is 0. The Morgan fingerprint density at radius 2 is 1.93 bits per heavy atom. The van der Waals surface area contributed by atoms with Crippen molar-refractivity contribution in [3.05, 3.63) is 71.9 Å². The average Bonchev–Trinajstić information content (AvgIpc) is 3.49. The molecule has 210 valence electrons. The molecule has 0 radical (unpaired) electrons. The van der Waals surface area contributed by atoms with Crippen molar-refractivity contribution in [1.29, 1.82) is 0 Å². The maximum Gasteiger partial charge on any atom is 0.222 e. The zero-order valence-electron chi connectivity index (χ0n) is 23.2. The molecule has 1 atom stereocenters. The Kier molecular flexibility index (Phi) is 7.70. The molecule has 1 saturated heterocycles. The summed E-state index contributed by atoms with van der Waals surface area (Å²) < 4.78 is 7.45. The van der Waals surface area contributed by atoms with Crippen molar-refractivity contribution in [2.24, 2.45) is 0 Å². The molecule has 41 heavy (non-hydrogen) atoms. The summed E-state index contributed by atoms with van der Waals surface area (Å²) in [5.41, 5.74) is 7.37. The molecule has 11 heteroatoms. The highest BCUT2D eigenvalue weighted by Crippen LogP contribution is 2.35. The second kappa shape index (κ2) is 11.9. The third-order valence-corrected chi connectivity index (χ3v) is 7.43. The van der Waals surface area contributed by atoms with E-state index >= 15 is 0 Å². The van der Waals surface area contributed by atoms with Crippen LogP contribution >= 0.6 is 0 Å². The van der Waals surface area contributed by atoms with E-state index in [0.29, 0.717) is 17.5 Å². The van der Waals surface area contributed by atoms with Gasteiger partial charge in [-0.2, -0.15) is 5.10 Å². The Hall–Kier alpha value is -4.61. The first kappa shape index (κ1) is 26.6. The van der Waals surface area contributed by atoms with Gasteiger partial charge in [-0.15, -0.1) is 0 Å². The minimum Gasteiger partial charge on any atom is -0.379 e. The number of carbonyl (C=O) groups is 1. The van der Waals surface area contributed by atoms with Gasteiger partial charge in [0.25, 0.3) is 0 Å². The molecule has 4 aromatic rings. The van der Waals surface area contributed by atoms with Crippen LogP contribution < -0.4 is 16.0 Å². The van der Waals surface area contributed by atoms with E-state index in [-0.39, 0.29) is 0 Å². The van der Waals surface area contributed by atoms with E-state index in [9.17, 15) is 4.79 Å². The summed E-state index contributed by atoms with van der Waals surface area (Å²) in [6.45, 7) is 7.43. The molecule has 2 aliphatic rings. The molecule has 0 bridgehead atoms. The Bertz CT molecular complexity index is 1560. The predicted molar refractivity (Wildman–Crippen MR) is 159 cm³/mol. The number of anilines is 3. The number of hydrogen-bond donors (Lipinski definition) is 3. The molecule has 2 aliphatic heterocycles. The van der Waals surface area contributed by atoms with E-state index in [0.717, 1.165) is 84.7 Å². The molecule has 1 aromatic carbocycles. The maximum atomic E-state index is 12.0. The van der Waals surface area contributed by atoms with Crippen LogP contribution in [0.5, 0.6) is 0 Å². The lowest BCUT2D eigenvalue weighted by Crippen LogP contribution is -2.38. The van der Waals surface area contributed by atoms with Crippen molar-refractivity contribution >= 4 is 29.8 Å². The van der Waals surface area contributed by atoms with Crippen molar-refractivity contribution in [3.63, 3.8) is 0 Å². The van der Waals surface area contributed by atoms with Gasteiger partial charge in [-0.05, 0) is 54.1 Å². The molecule has 3 N–H and O–H groups in total. The van der Waals surface area contributed by atoms with Crippen LogP contribution in [0, 0.1) is 6.92 Å². The van der Waals surface area contributed by atoms with Crippen LogP contribution in [0.2, 0.25) is 0 Å².